The standard InChI is InChI=1S/C52H84O22/c1-22-31(55)34(58)38(62)44(69-22)73-41-26(19-53)70-42(40(64)36(41)60)68-21-27-33(57)35(59)39(63)45(71-27)74-46(65)52-16-14-47(2,3)18-24(52)23-8-9-28-48(4)12-11-30(72-43-37(61)32(56)25(54)20-67-43)51(7,66)29(48)10-13-50(28,6)49(23,5)15-17-52/h8,22,24-45,53-64,66H,9-21H2,1-7H3/t22-,24-,25-,26+,27+,28+,29+,30-,31-,32-,33+,34+,35-,36+,37+,38+,39+,40+,41+,42+,43-,44-,45-,48+,49+,50+,51-,52-/m0/s1. The molecule has 74 heavy (non-hydrogen) atoms. The molecule has 4 heterocycles. The fraction of sp³-hybridized carbons (Fsp3) is 0.942. The summed E-state index contributed by atoms with van der Waals surface area (Å²) in [6.07, 6.45) is -21.9. The first-order chi connectivity index (χ1) is 34.6. The van der Waals surface area contributed by atoms with Crippen LogP contribution in [0.3, 0.4) is 0 Å². The monoisotopic (exact) mass is 1060 g/mol. The van der Waals surface area contributed by atoms with Gasteiger partial charge in [0.15, 0.2) is 18.9 Å². The third-order valence-electron chi connectivity index (χ3n) is 20.6. The third-order valence-corrected chi connectivity index (χ3v) is 20.6. The lowest BCUT2D eigenvalue weighted by molar-refractivity contribution is -0.361. The van der Waals surface area contributed by atoms with Gasteiger partial charge in [-0.2, -0.15) is 0 Å². The molecular weight excluding hydrogens is 977 g/mol. The Morgan fingerprint density at radius 1 is 0.649 bits per heavy atom. The van der Waals surface area contributed by atoms with Gasteiger partial charge >= 0.3 is 5.97 Å². The first-order valence-electron chi connectivity index (χ1n) is 26.8. The second-order valence-electron chi connectivity index (χ2n) is 25.3. The van der Waals surface area contributed by atoms with Crippen LogP contribution in [0.25, 0.3) is 0 Å². The molecule has 4 saturated heterocycles. The molecule has 424 valence electrons. The molecule has 4 saturated carbocycles. The average molecular weight is 1060 g/mol. The van der Waals surface area contributed by atoms with E-state index in [4.69, 9.17) is 37.9 Å². The van der Waals surface area contributed by atoms with Crippen molar-refractivity contribution in [3.05, 3.63) is 11.6 Å². The number of esters is 1. The van der Waals surface area contributed by atoms with E-state index in [0.717, 1.165) is 12.8 Å². The van der Waals surface area contributed by atoms with Gasteiger partial charge in [-0.15, -0.1) is 0 Å². The van der Waals surface area contributed by atoms with Gasteiger partial charge in [-0.05, 0) is 117 Å². The van der Waals surface area contributed by atoms with Crippen LogP contribution in [0, 0.1) is 44.8 Å². The quantitative estimate of drug-likeness (QED) is 0.0663. The molecule has 0 radical (unpaired) electrons. The molecule has 4 aliphatic heterocycles. The van der Waals surface area contributed by atoms with Crippen molar-refractivity contribution in [2.24, 2.45) is 44.8 Å². The Balaban J connectivity index is 0.891. The van der Waals surface area contributed by atoms with Gasteiger partial charge in [0, 0.05) is 0 Å². The number of aliphatic hydroxyl groups is 13. The number of hydrogen-bond acceptors (Lipinski definition) is 22. The lowest BCUT2D eigenvalue weighted by atomic mass is 9.34. The maximum atomic E-state index is 15.1. The largest absolute Gasteiger partial charge is 0.432 e. The van der Waals surface area contributed by atoms with Gasteiger partial charge in [0.25, 0.3) is 0 Å². The number of allylic oxidation sites excluding steroid dienone is 2. The second kappa shape index (κ2) is 20.5. The summed E-state index contributed by atoms with van der Waals surface area (Å²) in [7, 11) is 0. The van der Waals surface area contributed by atoms with Gasteiger partial charge in [-0.25, -0.2) is 0 Å². The highest BCUT2D eigenvalue weighted by molar-refractivity contribution is 5.79. The predicted molar refractivity (Wildman–Crippen MR) is 252 cm³/mol. The summed E-state index contributed by atoms with van der Waals surface area (Å²) in [6, 6.07) is 0. The third kappa shape index (κ3) is 9.26. The zero-order valence-electron chi connectivity index (χ0n) is 43.5. The Bertz CT molecular complexity index is 2040. The summed E-state index contributed by atoms with van der Waals surface area (Å²) in [5, 5.41) is 140. The molecule has 0 aromatic carbocycles. The summed E-state index contributed by atoms with van der Waals surface area (Å²) < 4.78 is 46.6. The molecule has 28 atom stereocenters. The maximum absolute atomic E-state index is 15.1. The van der Waals surface area contributed by atoms with Crippen molar-refractivity contribution >= 4 is 5.97 Å². The Morgan fingerprint density at radius 2 is 1.28 bits per heavy atom. The summed E-state index contributed by atoms with van der Waals surface area (Å²) in [4.78, 5) is 15.1. The van der Waals surface area contributed by atoms with Crippen molar-refractivity contribution in [1.29, 1.82) is 0 Å². The van der Waals surface area contributed by atoms with Gasteiger partial charge in [0.1, 0.15) is 85.5 Å². The van der Waals surface area contributed by atoms with Crippen LogP contribution in [0.15, 0.2) is 11.6 Å². The first-order valence-corrected chi connectivity index (χ1v) is 26.8. The van der Waals surface area contributed by atoms with E-state index in [1.807, 2.05) is 0 Å². The summed E-state index contributed by atoms with van der Waals surface area (Å²) in [6.45, 7) is 13.0. The van der Waals surface area contributed by atoms with E-state index < -0.39 is 153 Å². The van der Waals surface area contributed by atoms with Crippen LogP contribution in [-0.4, -0.2) is 221 Å². The van der Waals surface area contributed by atoms with E-state index in [9.17, 15) is 66.4 Å². The molecule has 9 aliphatic rings. The molecule has 0 amide bonds. The number of rotatable bonds is 10. The average Bonchev–Trinajstić information content (AvgIpc) is 3.34. The normalized spacial score (nSPS) is 55.4. The van der Waals surface area contributed by atoms with Gasteiger partial charge in [-0.3, -0.25) is 4.79 Å². The van der Waals surface area contributed by atoms with Crippen LogP contribution in [0.2, 0.25) is 0 Å². The molecule has 0 unspecified atom stereocenters. The van der Waals surface area contributed by atoms with Crippen LogP contribution in [0.5, 0.6) is 0 Å². The van der Waals surface area contributed by atoms with E-state index in [-0.39, 0.29) is 46.0 Å². The number of ether oxygens (including phenoxy) is 8. The zero-order chi connectivity index (χ0) is 54.0. The Hall–Kier alpha value is -1.59. The van der Waals surface area contributed by atoms with Crippen LogP contribution in [0.1, 0.15) is 113 Å². The Labute approximate surface area is 431 Å². The summed E-state index contributed by atoms with van der Waals surface area (Å²) in [5.41, 5.74) is -2.23. The molecule has 0 aromatic rings. The fourth-order valence-electron chi connectivity index (χ4n) is 15.7. The van der Waals surface area contributed by atoms with Crippen molar-refractivity contribution in [3.8, 4) is 0 Å². The van der Waals surface area contributed by atoms with Crippen LogP contribution >= 0.6 is 0 Å². The van der Waals surface area contributed by atoms with Gasteiger partial charge < -0.3 is 104 Å². The molecule has 22 nitrogen and oxygen atoms in total. The van der Waals surface area contributed by atoms with E-state index in [1.165, 1.54) is 12.5 Å². The predicted octanol–water partition coefficient (Wildman–Crippen LogP) is -1.64. The first kappa shape index (κ1) is 57.1. The molecule has 22 heteroatoms. The van der Waals surface area contributed by atoms with Gasteiger partial charge in [-0.1, -0.05) is 46.3 Å². The van der Waals surface area contributed by atoms with Gasteiger partial charge in [0.2, 0.25) is 6.29 Å². The van der Waals surface area contributed by atoms with Crippen LogP contribution in [-0.2, 0) is 42.7 Å². The molecule has 9 rings (SSSR count). The summed E-state index contributed by atoms with van der Waals surface area (Å²) >= 11 is 0. The zero-order valence-corrected chi connectivity index (χ0v) is 43.5. The van der Waals surface area contributed by atoms with E-state index in [2.05, 4.69) is 40.7 Å². The minimum atomic E-state index is -1.88. The number of hydrogen-bond donors (Lipinski definition) is 13. The van der Waals surface area contributed by atoms with Crippen molar-refractivity contribution in [3.63, 3.8) is 0 Å². The lowest BCUT2D eigenvalue weighted by Crippen LogP contribution is -2.68. The highest BCUT2D eigenvalue weighted by Gasteiger charge is 2.70. The number of fused-ring (bicyclic) bond motifs is 7. The Morgan fingerprint density at radius 3 is 1.99 bits per heavy atom. The van der Waals surface area contributed by atoms with Crippen LogP contribution in [0.4, 0.5) is 0 Å². The molecule has 8 fully saturated rings. The molecule has 5 aliphatic carbocycles. The molecule has 0 bridgehead atoms. The molecule has 0 aromatic heterocycles. The Kier molecular flexibility index (Phi) is 15.8. The van der Waals surface area contributed by atoms with Crippen LogP contribution < -0.4 is 0 Å². The fourth-order valence-corrected chi connectivity index (χ4v) is 15.7. The lowest BCUT2D eigenvalue weighted by Gasteiger charge is -2.71. The van der Waals surface area contributed by atoms with Crippen molar-refractivity contribution in [2.75, 3.05) is 19.8 Å². The van der Waals surface area contributed by atoms with Gasteiger partial charge in [0.05, 0.1) is 43.0 Å². The topological polar surface area (TPSA) is 354 Å². The number of carbonyl (C=O) groups excluding carboxylic acids is 1. The maximum Gasteiger partial charge on any atom is 0.315 e. The smallest absolute Gasteiger partial charge is 0.315 e. The van der Waals surface area contributed by atoms with Crippen molar-refractivity contribution in [2.45, 2.75) is 241 Å². The molecular formula is C52H84O22. The molecule has 13 N–H and O–H groups in total. The minimum Gasteiger partial charge on any atom is -0.432 e. The highest BCUT2D eigenvalue weighted by atomic mass is 16.8. The summed E-state index contributed by atoms with van der Waals surface area (Å²) in [5.74, 6) is -0.889. The van der Waals surface area contributed by atoms with E-state index in [0.29, 0.717) is 51.4 Å². The van der Waals surface area contributed by atoms with E-state index in [1.54, 1.807) is 6.92 Å². The highest BCUT2D eigenvalue weighted by Crippen LogP contribution is 2.75. The molecule has 0 spiro atoms. The number of carbonyl (C=O) groups is 1. The van der Waals surface area contributed by atoms with Crippen molar-refractivity contribution < 1.29 is 109 Å². The second-order valence-corrected chi connectivity index (χ2v) is 25.3. The number of aliphatic hydroxyl groups excluding tert-OH is 12. The SMILES string of the molecule is C[C@@H]1O[C@@H](O[C@H]2[C@H](O)[C@@H](O)[C@H](OC[C@H]3O[C@@H](OC(=O)[C@]45CCC(C)(C)C[C@H]4C4=CC[C@@H]6[C@@]7(C)CC[C@H](O[C@@H]8OC[C@H](O)[C@H](O)[C@H]8O)[C@@](C)(O)[C@@H]7CC[C@@]6(C)[C@]4(C)CC5)[C@H](O)[C@@H](O)[C@@H]3O)O[C@@H]2CO)[C@H](O)[C@H](O)[C@H]1O. The minimum absolute atomic E-state index is 0.143. The van der Waals surface area contributed by atoms with E-state index >= 15 is 4.79 Å². The van der Waals surface area contributed by atoms with Crippen molar-refractivity contribution in [1.82, 2.24) is 0 Å².